The number of aromatic nitrogens is 3. The van der Waals surface area contributed by atoms with E-state index >= 15 is 0 Å². The second-order valence-corrected chi connectivity index (χ2v) is 7.55. The highest BCUT2D eigenvalue weighted by atomic mass is 32.2. The van der Waals surface area contributed by atoms with Crippen LogP contribution in [0.4, 0.5) is 5.69 Å². The third-order valence-electron chi connectivity index (χ3n) is 3.57. The van der Waals surface area contributed by atoms with Crippen LogP contribution in [0.3, 0.4) is 0 Å². The molecular formula is C17H18N4OS2. The Labute approximate surface area is 149 Å². The highest BCUT2D eigenvalue weighted by molar-refractivity contribution is 8.01. The van der Waals surface area contributed by atoms with Gasteiger partial charge in [0.25, 0.3) is 0 Å². The summed E-state index contributed by atoms with van der Waals surface area (Å²) in [6.07, 6.45) is 1.74. The van der Waals surface area contributed by atoms with Gasteiger partial charge in [-0.2, -0.15) is 5.10 Å². The van der Waals surface area contributed by atoms with Crippen LogP contribution in [0.25, 0.3) is 5.69 Å². The Bertz CT molecular complexity index is 838. The van der Waals surface area contributed by atoms with E-state index in [1.807, 2.05) is 36.0 Å². The number of thiazole rings is 1. The van der Waals surface area contributed by atoms with E-state index in [0.717, 1.165) is 27.1 Å². The van der Waals surface area contributed by atoms with Crippen LogP contribution in [0.2, 0.25) is 0 Å². The zero-order valence-corrected chi connectivity index (χ0v) is 15.4. The molecule has 0 atom stereocenters. The average Bonchev–Trinajstić information content (AvgIpc) is 3.17. The van der Waals surface area contributed by atoms with Gasteiger partial charge < -0.3 is 5.32 Å². The maximum Gasteiger partial charge on any atom is 0.234 e. The van der Waals surface area contributed by atoms with Gasteiger partial charge in [-0.1, -0.05) is 29.5 Å². The molecule has 0 saturated carbocycles. The van der Waals surface area contributed by atoms with Crippen LogP contribution in [0, 0.1) is 20.8 Å². The van der Waals surface area contributed by atoms with E-state index in [2.05, 4.69) is 34.5 Å². The summed E-state index contributed by atoms with van der Waals surface area (Å²) >= 11 is 2.97. The third kappa shape index (κ3) is 3.68. The first kappa shape index (κ1) is 16.7. The summed E-state index contributed by atoms with van der Waals surface area (Å²) in [7, 11) is 0. The largest absolute Gasteiger partial charge is 0.322 e. The monoisotopic (exact) mass is 358 g/mol. The van der Waals surface area contributed by atoms with Crippen LogP contribution in [-0.2, 0) is 4.79 Å². The van der Waals surface area contributed by atoms with Gasteiger partial charge in [0.15, 0.2) is 0 Å². The molecule has 0 fully saturated rings. The number of carbonyl (C=O) groups excluding carboxylic acids is 1. The SMILES string of the molecule is Cc1ccc(-n2nc(C)c(NC(=O)CSc3nccs3)c2C)cc1. The number of aryl methyl sites for hydroxylation is 2. The molecule has 5 nitrogen and oxygen atoms in total. The summed E-state index contributed by atoms with van der Waals surface area (Å²) in [5.41, 5.74) is 4.69. The van der Waals surface area contributed by atoms with E-state index in [4.69, 9.17) is 0 Å². The van der Waals surface area contributed by atoms with Crippen molar-refractivity contribution in [3.05, 3.63) is 52.8 Å². The predicted octanol–water partition coefficient (Wildman–Crippen LogP) is 3.98. The van der Waals surface area contributed by atoms with Gasteiger partial charge in [0, 0.05) is 11.6 Å². The lowest BCUT2D eigenvalue weighted by Crippen LogP contribution is -2.15. The summed E-state index contributed by atoms with van der Waals surface area (Å²) in [5, 5.41) is 9.44. The molecule has 1 N–H and O–H groups in total. The Morgan fingerprint density at radius 2 is 2.00 bits per heavy atom. The van der Waals surface area contributed by atoms with Crippen LogP contribution < -0.4 is 5.32 Å². The number of nitrogens with zero attached hydrogens (tertiary/aromatic N) is 3. The molecule has 2 aromatic heterocycles. The lowest BCUT2D eigenvalue weighted by Gasteiger charge is -2.07. The van der Waals surface area contributed by atoms with E-state index in [1.165, 1.54) is 28.7 Å². The van der Waals surface area contributed by atoms with Crippen molar-refractivity contribution in [2.75, 3.05) is 11.1 Å². The summed E-state index contributed by atoms with van der Waals surface area (Å²) < 4.78 is 2.76. The first-order valence-corrected chi connectivity index (χ1v) is 9.36. The zero-order chi connectivity index (χ0) is 17.1. The molecule has 24 heavy (non-hydrogen) atoms. The zero-order valence-electron chi connectivity index (χ0n) is 13.7. The molecule has 2 heterocycles. The summed E-state index contributed by atoms with van der Waals surface area (Å²) in [6.45, 7) is 5.92. The molecule has 3 aromatic rings. The van der Waals surface area contributed by atoms with Gasteiger partial charge in [0.2, 0.25) is 5.91 Å². The van der Waals surface area contributed by atoms with Gasteiger partial charge in [-0.25, -0.2) is 9.67 Å². The van der Waals surface area contributed by atoms with Crippen LogP contribution in [0.1, 0.15) is 17.0 Å². The van der Waals surface area contributed by atoms with Crippen molar-refractivity contribution in [1.29, 1.82) is 0 Å². The molecule has 0 aliphatic rings. The van der Waals surface area contributed by atoms with E-state index in [0.29, 0.717) is 5.75 Å². The average molecular weight is 358 g/mol. The Balaban J connectivity index is 1.74. The second kappa shape index (κ2) is 7.19. The fourth-order valence-electron chi connectivity index (χ4n) is 2.35. The van der Waals surface area contributed by atoms with E-state index in [-0.39, 0.29) is 5.91 Å². The minimum atomic E-state index is -0.0511. The van der Waals surface area contributed by atoms with Crippen molar-refractivity contribution in [2.45, 2.75) is 25.1 Å². The fraction of sp³-hybridized carbons (Fsp3) is 0.235. The van der Waals surface area contributed by atoms with Crippen molar-refractivity contribution in [2.24, 2.45) is 0 Å². The molecule has 0 bridgehead atoms. The Morgan fingerprint density at radius 3 is 2.67 bits per heavy atom. The number of hydrogen-bond acceptors (Lipinski definition) is 5. The molecule has 0 spiro atoms. The molecule has 1 aromatic carbocycles. The summed E-state index contributed by atoms with van der Waals surface area (Å²) in [4.78, 5) is 16.4. The topological polar surface area (TPSA) is 59.8 Å². The molecule has 0 radical (unpaired) electrons. The minimum Gasteiger partial charge on any atom is -0.322 e. The minimum absolute atomic E-state index is 0.0511. The van der Waals surface area contributed by atoms with Gasteiger partial charge in [0.1, 0.15) is 4.34 Å². The van der Waals surface area contributed by atoms with Crippen LogP contribution in [0.5, 0.6) is 0 Å². The van der Waals surface area contributed by atoms with Crippen molar-refractivity contribution in [3.8, 4) is 5.69 Å². The maximum absolute atomic E-state index is 12.2. The second-order valence-electron chi connectivity index (χ2n) is 5.43. The Hall–Kier alpha value is -2.12. The number of rotatable bonds is 5. The molecule has 7 heteroatoms. The van der Waals surface area contributed by atoms with Gasteiger partial charge in [-0.3, -0.25) is 4.79 Å². The Kier molecular flexibility index (Phi) is 5.01. The predicted molar refractivity (Wildman–Crippen MR) is 99.2 cm³/mol. The summed E-state index contributed by atoms with van der Waals surface area (Å²) in [6, 6.07) is 8.15. The number of hydrogen-bond donors (Lipinski definition) is 1. The van der Waals surface area contributed by atoms with Gasteiger partial charge in [-0.05, 0) is 32.9 Å². The molecule has 0 aliphatic carbocycles. The normalized spacial score (nSPS) is 10.8. The molecule has 124 valence electrons. The van der Waals surface area contributed by atoms with Gasteiger partial charge in [0.05, 0.1) is 28.5 Å². The van der Waals surface area contributed by atoms with Gasteiger partial charge in [-0.15, -0.1) is 11.3 Å². The number of amides is 1. The summed E-state index contributed by atoms with van der Waals surface area (Å²) in [5.74, 6) is 0.284. The first-order chi connectivity index (χ1) is 11.5. The smallest absolute Gasteiger partial charge is 0.234 e. The Morgan fingerprint density at radius 1 is 1.25 bits per heavy atom. The number of anilines is 1. The maximum atomic E-state index is 12.2. The van der Waals surface area contributed by atoms with E-state index in [1.54, 1.807) is 6.20 Å². The molecule has 0 unspecified atom stereocenters. The van der Waals surface area contributed by atoms with Gasteiger partial charge >= 0.3 is 0 Å². The first-order valence-electron chi connectivity index (χ1n) is 7.50. The van der Waals surface area contributed by atoms with Crippen molar-refractivity contribution in [1.82, 2.24) is 14.8 Å². The lowest BCUT2D eigenvalue weighted by atomic mass is 10.2. The lowest BCUT2D eigenvalue weighted by molar-refractivity contribution is -0.113. The molecule has 0 saturated heterocycles. The quantitative estimate of drug-likeness (QED) is 0.701. The highest BCUT2D eigenvalue weighted by Crippen LogP contribution is 2.24. The molecular weight excluding hydrogens is 340 g/mol. The van der Waals surface area contributed by atoms with E-state index < -0.39 is 0 Å². The van der Waals surface area contributed by atoms with Crippen molar-refractivity contribution in [3.63, 3.8) is 0 Å². The number of nitrogens with one attached hydrogen (secondary N) is 1. The fourth-order valence-corrected chi connectivity index (χ4v) is 3.78. The third-order valence-corrected chi connectivity index (χ3v) is 5.54. The van der Waals surface area contributed by atoms with E-state index in [9.17, 15) is 4.79 Å². The number of thioether (sulfide) groups is 1. The highest BCUT2D eigenvalue weighted by Gasteiger charge is 2.15. The van der Waals surface area contributed by atoms with Crippen LogP contribution in [0.15, 0.2) is 40.2 Å². The van der Waals surface area contributed by atoms with Crippen LogP contribution in [-0.4, -0.2) is 26.4 Å². The molecule has 1 amide bonds. The standard InChI is InChI=1S/C17H18N4OS2/c1-11-4-6-14(7-5-11)21-13(3)16(12(2)20-21)19-15(22)10-24-17-18-8-9-23-17/h4-9H,10H2,1-3H3,(H,19,22). The molecule has 0 aliphatic heterocycles. The van der Waals surface area contributed by atoms with Crippen molar-refractivity contribution >= 4 is 34.7 Å². The number of benzene rings is 1. The van der Waals surface area contributed by atoms with Crippen LogP contribution >= 0.6 is 23.1 Å². The molecule has 3 rings (SSSR count). The van der Waals surface area contributed by atoms with Crippen molar-refractivity contribution < 1.29 is 4.79 Å². The number of carbonyl (C=O) groups is 1.